The standard InChI is InChI=1S/C30H18O.C27H18O.C23H16O/c1-18-14-15-25-26(16-18)21-10-3-5-12-23(21)28-17-27-22-11-4-2-8-19(22)20-9-6-7-13-24(20)29(27)31-30(25)28;1-16-11-12-22-23(13-16)20-9-5-6-10-21(20)25-15-24-19-8-4-3-7-18(19)17(2)14-26(24)28-27(22)25;1-14-11-22-20(18-9-5-3-7-16(14)18)13-21-19-10-6-4-8-17(19)15(2)12-23(21)24-22/h2-17H,1H2;3-15H,1H2,2H3;3-13H,1H2,2H3. The van der Waals surface area contributed by atoms with E-state index in [4.69, 9.17) is 14.2 Å². The topological polar surface area (TPSA) is 27.7 Å². The zero-order chi connectivity index (χ0) is 55.6. The molecule has 0 saturated carbocycles. The highest BCUT2D eigenvalue weighted by atomic mass is 16.5. The molecule has 0 atom stereocenters. The normalized spacial score (nSPS) is 12.5. The number of aryl methyl sites for hydroxylation is 2. The van der Waals surface area contributed by atoms with Gasteiger partial charge in [-0.2, -0.15) is 0 Å². The Hall–Kier alpha value is -10.7. The molecule has 0 unspecified atom stereocenters. The summed E-state index contributed by atoms with van der Waals surface area (Å²) in [7, 11) is 0. The van der Waals surface area contributed by atoms with Crippen LogP contribution in [0.25, 0.3) is 135 Å². The molecule has 390 valence electrons. The van der Waals surface area contributed by atoms with E-state index < -0.39 is 0 Å². The van der Waals surface area contributed by atoms with E-state index >= 15 is 0 Å². The Morgan fingerprint density at radius 1 is 0.241 bits per heavy atom. The van der Waals surface area contributed by atoms with Crippen LogP contribution in [0.2, 0.25) is 0 Å². The van der Waals surface area contributed by atoms with Crippen molar-refractivity contribution in [1.29, 1.82) is 0 Å². The van der Waals surface area contributed by atoms with Crippen LogP contribution >= 0.6 is 0 Å². The summed E-state index contributed by atoms with van der Waals surface area (Å²) >= 11 is 0. The second-order valence-corrected chi connectivity index (χ2v) is 22.2. The van der Waals surface area contributed by atoms with E-state index in [1.807, 2.05) is 6.07 Å². The van der Waals surface area contributed by atoms with Crippen LogP contribution in [0, 0.1) is 13.8 Å². The van der Waals surface area contributed by atoms with Gasteiger partial charge in [0.05, 0.1) is 0 Å². The van der Waals surface area contributed by atoms with Crippen molar-refractivity contribution in [3.63, 3.8) is 0 Å². The molecule has 0 bridgehead atoms. The van der Waals surface area contributed by atoms with Gasteiger partial charge >= 0.3 is 0 Å². The lowest BCUT2D eigenvalue weighted by Crippen LogP contribution is -2.17. The Bertz CT molecular complexity index is 5760. The minimum atomic E-state index is 0.890. The van der Waals surface area contributed by atoms with E-state index in [2.05, 4.69) is 270 Å². The van der Waals surface area contributed by atoms with Gasteiger partial charge in [-0.05, 0) is 170 Å². The molecule has 0 saturated heterocycles. The van der Waals surface area contributed by atoms with Gasteiger partial charge in [-0.15, -0.1) is 0 Å². The molecule has 18 rings (SSSR count). The molecular weight excluding hydrogens is 1010 g/mol. The first kappa shape index (κ1) is 48.2. The predicted octanol–water partition coefficient (Wildman–Crippen LogP) is 17.1. The van der Waals surface area contributed by atoms with Gasteiger partial charge in [0, 0.05) is 48.5 Å². The molecule has 3 aliphatic heterocycles. The van der Waals surface area contributed by atoms with Crippen LogP contribution in [0.15, 0.2) is 224 Å². The molecule has 0 radical (unpaired) electrons. The summed E-state index contributed by atoms with van der Waals surface area (Å²) in [5.41, 5.74) is 5.94. The minimum Gasteiger partial charge on any atom is -0.456 e. The van der Waals surface area contributed by atoms with Crippen LogP contribution in [0.3, 0.4) is 0 Å². The lowest BCUT2D eigenvalue weighted by atomic mass is 9.91. The molecule has 15 aromatic carbocycles. The number of fused-ring (bicyclic) bond motifs is 27. The maximum atomic E-state index is 6.81. The summed E-state index contributed by atoms with van der Waals surface area (Å²) in [6.45, 7) is 16.7. The third-order valence-electron chi connectivity index (χ3n) is 17.2. The van der Waals surface area contributed by atoms with Crippen molar-refractivity contribution in [3.8, 4) is 34.5 Å². The molecule has 0 aliphatic carbocycles. The number of benzene rings is 15. The molecule has 0 spiro atoms. The fourth-order valence-corrected chi connectivity index (χ4v) is 13.4. The van der Waals surface area contributed by atoms with Crippen molar-refractivity contribution in [2.24, 2.45) is 0 Å². The van der Waals surface area contributed by atoms with Gasteiger partial charge in [0.25, 0.3) is 0 Å². The Balaban J connectivity index is 0.000000103. The molecule has 15 aromatic rings. The van der Waals surface area contributed by atoms with Crippen LogP contribution < -0.4 is 45.5 Å². The molecule has 0 fully saturated rings. The monoisotopic (exact) mass is 1060 g/mol. The quantitative estimate of drug-likeness (QED) is 0.142. The summed E-state index contributed by atoms with van der Waals surface area (Å²) in [6.07, 6.45) is 6.89. The Morgan fingerprint density at radius 3 is 1.11 bits per heavy atom. The van der Waals surface area contributed by atoms with E-state index in [1.165, 1.54) is 91.9 Å². The van der Waals surface area contributed by atoms with Crippen LogP contribution in [0.4, 0.5) is 0 Å². The zero-order valence-electron chi connectivity index (χ0n) is 45.9. The fourth-order valence-electron chi connectivity index (χ4n) is 13.4. The molecule has 3 heterocycles. The first-order valence-electron chi connectivity index (χ1n) is 28.3. The summed E-state index contributed by atoms with van der Waals surface area (Å²) in [5.74, 6) is 5.56. The van der Waals surface area contributed by atoms with E-state index in [1.54, 1.807) is 0 Å². The number of ether oxygens (including phenoxy) is 3. The lowest BCUT2D eigenvalue weighted by Gasteiger charge is -2.22. The zero-order valence-corrected chi connectivity index (χ0v) is 45.9. The fraction of sp³-hybridized carbons (Fsp3) is 0.0250. The summed E-state index contributed by atoms with van der Waals surface area (Å²) in [4.78, 5) is 0. The highest BCUT2D eigenvalue weighted by Crippen LogP contribution is 2.45. The van der Waals surface area contributed by atoms with E-state index in [9.17, 15) is 0 Å². The minimum absolute atomic E-state index is 0.890. The predicted molar refractivity (Wildman–Crippen MR) is 351 cm³/mol. The van der Waals surface area contributed by atoms with Gasteiger partial charge in [0.1, 0.15) is 34.5 Å². The van der Waals surface area contributed by atoms with Crippen LogP contribution in [0.5, 0.6) is 34.5 Å². The summed E-state index contributed by atoms with van der Waals surface area (Å²) in [5, 5.41) is 28.2. The van der Waals surface area contributed by atoms with Gasteiger partial charge in [-0.1, -0.05) is 214 Å². The summed E-state index contributed by atoms with van der Waals surface area (Å²) < 4.78 is 19.7. The van der Waals surface area contributed by atoms with E-state index in [0.717, 1.165) is 98.7 Å². The number of rotatable bonds is 0. The van der Waals surface area contributed by atoms with Gasteiger partial charge in [-0.3, -0.25) is 0 Å². The van der Waals surface area contributed by atoms with Crippen LogP contribution in [-0.4, -0.2) is 0 Å². The third kappa shape index (κ3) is 7.59. The van der Waals surface area contributed by atoms with E-state index in [0.29, 0.717) is 0 Å². The highest BCUT2D eigenvalue weighted by molar-refractivity contribution is 6.18. The van der Waals surface area contributed by atoms with Crippen LogP contribution in [-0.2, 0) is 0 Å². The largest absolute Gasteiger partial charge is 0.456 e. The maximum absolute atomic E-state index is 6.81. The molecule has 0 amide bonds. The van der Waals surface area contributed by atoms with Gasteiger partial charge in [0.2, 0.25) is 0 Å². The average Bonchev–Trinajstić information content (AvgIpc) is 3.24. The van der Waals surface area contributed by atoms with E-state index in [-0.39, 0.29) is 0 Å². The SMILES string of the molecule is C=c1cc2c(c3ccccc13)=Cc1c(cc(C)c3ccccc13)O2.C=c1ccc2c3c(c4ccccc4c2c1)=Cc1c(c2ccccc2c2ccccc12)O3.C=c1ccc2c3c(c4ccccc4c2c1)=Cc1c(cc(C)c2ccccc12)O3. The second-order valence-electron chi connectivity index (χ2n) is 22.2. The highest BCUT2D eigenvalue weighted by Gasteiger charge is 2.24. The molecule has 3 aliphatic rings. The van der Waals surface area contributed by atoms with Crippen molar-refractivity contribution in [3.05, 3.63) is 284 Å². The number of hydrogen-bond donors (Lipinski definition) is 0. The Kier molecular flexibility index (Phi) is 10.8. The van der Waals surface area contributed by atoms with Crippen molar-refractivity contribution in [2.75, 3.05) is 0 Å². The van der Waals surface area contributed by atoms with Gasteiger partial charge < -0.3 is 14.2 Å². The van der Waals surface area contributed by atoms with Crippen molar-refractivity contribution in [1.82, 2.24) is 0 Å². The maximum Gasteiger partial charge on any atom is 0.143 e. The Morgan fingerprint density at radius 2 is 0.590 bits per heavy atom. The lowest BCUT2D eigenvalue weighted by molar-refractivity contribution is 0.475. The van der Waals surface area contributed by atoms with Crippen molar-refractivity contribution < 1.29 is 14.2 Å². The van der Waals surface area contributed by atoms with Crippen LogP contribution in [0.1, 0.15) is 27.8 Å². The number of hydrogen-bond acceptors (Lipinski definition) is 3. The first-order chi connectivity index (χ1) is 40.7. The second kappa shape index (κ2) is 18.7. The molecular formula is C80H52O3. The molecule has 0 aromatic heterocycles. The van der Waals surface area contributed by atoms with Gasteiger partial charge in [0.15, 0.2) is 0 Å². The third-order valence-corrected chi connectivity index (χ3v) is 17.2. The average molecular weight is 1060 g/mol. The molecule has 83 heavy (non-hydrogen) atoms. The first-order valence-corrected chi connectivity index (χ1v) is 28.3. The van der Waals surface area contributed by atoms with Gasteiger partial charge in [-0.25, -0.2) is 0 Å². The summed E-state index contributed by atoms with van der Waals surface area (Å²) in [6, 6.07) is 78.8. The Labute approximate surface area is 478 Å². The molecule has 3 nitrogen and oxygen atoms in total. The smallest absolute Gasteiger partial charge is 0.143 e. The van der Waals surface area contributed by atoms with Crippen molar-refractivity contribution >= 4 is 135 Å². The van der Waals surface area contributed by atoms with Crippen molar-refractivity contribution in [2.45, 2.75) is 13.8 Å². The molecule has 0 N–H and O–H groups in total. The molecule has 3 heteroatoms.